The van der Waals surface area contributed by atoms with E-state index >= 15 is 0 Å². The van der Waals surface area contributed by atoms with Crippen molar-refractivity contribution in [1.29, 1.82) is 0 Å². The molecule has 1 amide bonds. The van der Waals surface area contributed by atoms with Crippen molar-refractivity contribution in [3.63, 3.8) is 0 Å². The van der Waals surface area contributed by atoms with Gasteiger partial charge in [0.2, 0.25) is 5.91 Å². The molecule has 2 atom stereocenters. The molecule has 0 radical (unpaired) electrons. The van der Waals surface area contributed by atoms with Crippen LogP contribution in [0.15, 0.2) is 48.5 Å². The highest BCUT2D eigenvalue weighted by Crippen LogP contribution is 2.19. The summed E-state index contributed by atoms with van der Waals surface area (Å²) in [6.45, 7) is 5.89. The maximum Gasteiger partial charge on any atom is 0.221 e. The van der Waals surface area contributed by atoms with E-state index in [4.69, 9.17) is 4.74 Å². The number of rotatable bonds is 9. The summed E-state index contributed by atoms with van der Waals surface area (Å²) >= 11 is 0. The number of amides is 1. The van der Waals surface area contributed by atoms with Crippen LogP contribution in [0.1, 0.15) is 39.2 Å². The summed E-state index contributed by atoms with van der Waals surface area (Å²) < 4.78 is 18.7. The van der Waals surface area contributed by atoms with E-state index in [1.807, 2.05) is 0 Å². The minimum Gasteiger partial charge on any atom is -0.481 e. The molecule has 0 aliphatic rings. The molecule has 5 heteroatoms. The van der Waals surface area contributed by atoms with Crippen molar-refractivity contribution in [2.45, 2.75) is 46.1 Å². The Kier molecular flexibility index (Phi) is 9.37. The molecule has 4 nitrogen and oxygen atoms in total. The number of anilines is 1. The second-order valence-corrected chi connectivity index (χ2v) is 7.78. The molecular weight excluding hydrogens is 381 g/mol. The fourth-order valence-electron chi connectivity index (χ4n) is 3.12. The molecule has 2 rings (SSSR count). The molecule has 160 valence electrons. The molecule has 0 fully saturated rings. The number of aryl methyl sites for hydroxylation is 1. The Hall–Kier alpha value is -2.84. The number of hydrogen-bond donors (Lipinski definition) is 2. The summed E-state index contributed by atoms with van der Waals surface area (Å²) in [5, 5.41) is 13.3. The monoisotopic (exact) mass is 411 g/mol. The molecule has 2 N–H and O–H groups in total. The van der Waals surface area contributed by atoms with Gasteiger partial charge >= 0.3 is 0 Å². The van der Waals surface area contributed by atoms with Crippen molar-refractivity contribution in [3.05, 3.63) is 59.9 Å². The Balaban J connectivity index is 1.88. The second kappa shape index (κ2) is 12.0. The van der Waals surface area contributed by atoms with E-state index in [0.29, 0.717) is 30.2 Å². The molecule has 0 unspecified atom stereocenters. The number of nitrogens with one attached hydrogen (secondary N) is 1. The van der Waals surface area contributed by atoms with Crippen LogP contribution < -0.4 is 10.1 Å². The zero-order valence-electron chi connectivity index (χ0n) is 17.8. The average molecular weight is 412 g/mol. The van der Waals surface area contributed by atoms with Gasteiger partial charge in [-0.1, -0.05) is 37.8 Å². The Labute approximate surface area is 178 Å². The molecule has 30 heavy (non-hydrogen) atoms. The van der Waals surface area contributed by atoms with Crippen LogP contribution in [0.5, 0.6) is 5.75 Å². The van der Waals surface area contributed by atoms with E-state index in [1.165, 1.54) is 19.1 Å². The van der Waals surface area contributed by atoms with Crippen molar-refractivity contribution in [2.24, 2.45) is 11.8 Å². The first-order chi connectivity index (χ1) is 14.3. The van der Waals surface area contributed by atoms with E-state index in [2.05, 4.69) is 31.0 Å². The van der Waals surface area contributed by atoms with Crippen LogP contribution in [0.25, 0.3) is 0 Å². The van der Waals surface area contributed by atoms with Gasteiger partial charge in [-0.2, -0.15) is 0 Å². The molecule has 0 saturated carbocycles. The minimum absolute atomic E-state index is 0.122. The van der Waals surface area contributed by atoms with Crippen LogP contribution in [-0.2, 0) is 11.2 Å². The predicted molar refractivity (Wildman–Crippen MR) is 118 cm³/mol. The van der Waals surface area contributed by atoms with Gasteiger partial charge in [0, 0.05) is 18.5 Å². The van der Waals surface area contributed by atoms with Crippen molar-refractivity contribution in [1.82, 2.24) is 0 Å². The van der Waals surface area contributed by atoms with Crippen molar-refractivity contribution >= 4 is 11.6 Å². The van der Waals surface area contributed by atoms with Crippen molar-refractivity contribution < 1.29 is 19.0 Å². The smallest absolute Gasteiger partial charge is 0.221 e. The van der Waals surface area contributed by atoms with E-state index in [0.717, 1.165) is 12.0 Å². The fourth-order valence-corrected chi connectivity index (χ4v) is 3.12. The quantitative estimate of drug-likeness (QED) is 0.582. The Bertz CT molecular complexity index is 851. The van der Waals surface area contributed by atoms with Gasteiger partial charge in [-0.05, 0) is 67.1 Å². The summed E-state index contributed by atoms with van der Waals surface area (Å²) in [4.78, 5) is 11.0. The Morgan fingerprint density at radius 2 is 1.80 bits per heavy atom. The SMILES string of the molecule is CC(=O)Nc1ccc(OCC#C[C@H](CC(C)C)[C@H](O)CCc2ccc(F)cc2)cc1. The predicted octanol–water partition coefficient (Wildman–Crippen LogP) is 4.82. The summed E-state index contributed by atoms with van der Waals surface area (Å²) in [5.41, 5.74) is 1.71. The summed E-state index contributed by atoms with van der Waals surface area (Å²) in [6, 6.07) is 13.5. The number of halogens is 1. The number of aliphatic hydroxyl groups is 1. The maximum absolute atomic E-state index is 13.0. The van der Waals surface area contributed by atoms with Crippen LogP contribution in [0, 0.1) is 29.5 Å². The van der Waals surface area contributed by atoms with E-state index in [9.17, 15) is 14.3 Å². The van der Waals surface area contributed by atoms with Gasteiger partial charge in [0.1, 0.15) is 18.2 Å². The first-order valence-corrected chi connectivity index (χ1v) is 10.2. The zero-order chi connectivity index (χ0) is 21.9. The molecule has 2 aromatic carbocycles. The van der Waals surface area contributed by atoms with Crippen molar-refractivity contribution in [3.8, 4) is 17.6 Å². The van der Waals surface area contributed by atoms with Crippen LogP contribution >= 0.6 is 0 Å². The van der Waals surface area contributed by atoms with Crippen LogP contribution in [0.4, 0.5) is 10.1 Å². The zero-order valence-corrected chi connectivity index (χ0v) is 17.8. The Morgan fingerprint density at radius 1 is 1.13 bits per heavy atom. The van der Waals surface area contributed by atoms with Crippen LogP contribution in [0.2, 0.25) is 0 Å². The molecule has 0 aliphatic heterocycles. The number of carbonyl (C=O) groups excluding carboxylic acids is 1. The molecule has 2 aromatic rings. The maximum atomic E-state index is 13.0. The first kappa shape index (κ1) is 23.4. The third-order valence-corrected chi connectivity index (χ3v) is 4.60. The summed E-state index contributed by atoms with van der Waals surface area (Å²) in [5.74, 6) is 6.73. The molecule has 0 spiro atoms. The van der Waals surface area contributed by atoms with Gasteiger partial charge < -0.3 is 15.2 Å². The lowest BCUT2D eigenvalue weighted by molar-refractivity contribution is -0.114. The van der Waals surface area contributed by atoms with E-state index in [-0.39, 0.29) is 24.2 Å². The van der Waals surface area contributed by atoms with Gasteiger partial charge in [0.05, 0.1) is 6.10 Å². The first-order valence-electron chi connectivity index (χ1n) is 10.2. The number of hydrogen-bond acceptors (Lipinski definition) is 3. The molecule has 0 heterocycles. The third-order valence-electron chi connectivity index (χ3n) is 4.60. The normalized spacial score (nSPS) is 12.6. The van der Waals surface area contributed by atoms with Gasteiger partial charge in [-0.3, -0.25) is 4.79 Å². The van der Waals surface area contributed by atoms with Gasteiger partial charge in [0.25, 0.3) is 0 Å². The second-order valence-electron chi connectivity index (χ2n) is 7.78. The lowest BCUT2D eigenvalue weighted by Gasteiger charge is -2.20. The van der Waals surface area contributed by atoms with Crippen molar-refractivity contribution in [2.75, 3.05) is 11.9 Å². The lowest BCUT2D eigenvalue weighted by Crippen LogP contribution is -2.21. The summed E-state index contributed by atoms with van der Waals surface area (Å²) in [7, 11) is 0. The van der Waals surface area contributed by atoms with Gasteiger partial charge in [-0.25, -0.2) is 4.39 Å². The Morgan fingerprint density at radius 3 is 2.40 bits per heavy atom. The summed E-state index contributed by atoms with van der Waals surface area (Å²) in [6.07, 6.45) is 1.49. The van der Waals surface area contributed by atoms with E-state index < -0.39 is 6.10 Å². The van der Waals surface area contributed by atoms with Crippen LogP contribution in [-0.4, -0.2) is 23.7 Å². The number of carbonyl (C=O) groups is 1. The standard InChI is InChI=1S/C25H30FNO3/c1-18(2)17-21(25(29)15-8-20-6-9-22(26)10-7-20)5-4-16-30-24-13-11-23(12-14-24)27-19(3)28/h6-7,9-14,18,21,25,29H,8,15-17H2,1-3H3,(H,27,28)/t21-,25-/m1/s1. The third kappa shape index (κ3) is 8.67. The highest BCUT2D eigenvalue weighted by Gasteiger charge is 2.18. The number of benzene rings is 2. The molecule has 0 aromatic heterocycles. The largest absolute Gasteiger partial charge is 0.481 e. The topological polar surface area (TPSA) is 58.6 Å². The minimum atomic E-state index is -0.554. The lowest BCUT2D eigenvalue weighted by atomic mass is 9.89. The molecule has 0 saturated heterocycles. The van der Waals surface area contributed by atoms with E-state index in [1.54, 1.807) is 36.4 Å². The fraction of sp³-hybridized carbons (Fsp3) is 0.400. The molecular formula is C25H30FNO3. The highest BCUT2D eigenvalue weighted by molar-refractivity contribution is 5.88. The van der Waals surface area contributed by atoms with Crippen LogP contribution in [0.3, 0.4) is 0 Å². The number of aliphatic hydroxyl groups excluding tert-OH is 1. The molecule has 0 aliphatic carbocycles. The number of ether oxygens (including phenoxy) is 1. The molecule has 0 bridgehead atoms. The average Bonchev–Trinajstić information content (AvgIpc) is 2.70. The highest BCUT2D eigenvalue weighted by atomic mass is 19.1. The van der Waals surface area contributed by atoms with Gasteiger partial charge in [0.15, 0.2) is 0 Å². The van der Waals surface area contributed by atoms with Gasteiger partial charge in [-0.15, -0.1) is 0 Å².